The minimum atomic E-state index is -0.0442. The first kappa shape index (κ1) is 16.9. The van der Waals surface area contributed by atoms with Gasteiger partial charge in [0.05, 0.1) is 23.3 Å². The van der Waals surface area contributed by atoms with Crippen LogP contribution in [-0.4, -0.2) is 53.5 Å². The Hall–Kier alpha value is -1.99. The predicted octanol–water partition coefficient (Wildman–Crippen LogP) is 1.85. The monoisotopic (exact) mass is 345 g/mol. The van der Waals surface area contributed by atoms with E-state index < -0.39 is 0 Å². The van der Waals surface area contributed by atoms with E-state index in [4.69, 9.17) is 0 Å². The number of piperazine rings is 1. The number of thiazole rings is 1. The van der Waals surface area contributed by atoms with Gasteiger partial charge in [0.25, 0.3) is 0 Å². The smallest absolute Gasteiger partial charge is 0.234 e. The summed E-state index contributed by atoms with van der Waals surface area (Å²) in [5.41, 5.74) is 0.936. The molecular weight excluding hydrogens is 322 g/mol. The van der Waals surface area contributed by atoms with Crippen LogP contribution >= 0.6 is 11.3 Å². The third-order valence-corrected chi connectivity index (χ3v) is 4.96. The van der Waals surface area contributed by atoms with Gasteiger partial charge in [-0.25, -0.2) is 9.97 Å². The van der Waals surface area contributed by atoms with Crippen LogP contribution in [0.3, 0.4) is 0 Å². The number of aryl methyl sites for hydroxylation is 1. The van der Waals surface area contributed by atoms with Crippen molar-refractivity contribution >= 4 is 23.1 Å². The van der Waals surface area contributed by atoms with Crippen LogP contribution in [-0.2, 0) is 4.79 Å². The van der Waals surface area contributed by atoms with E-state index in [0.717, 1.165) is 42.7 Å². The summed E-state index contributed by atoms with van der Waals surface area (Å²) in [6, 6.07) is 5.91. The summed E-state index contributed by atoms with van der Waals surface area (Å²) in [5, 5.41) is 6.07. The second kappa shape index (κ2) is 7.72. The lowest BCUT2D eigenvalue weighted by Crippen LogP contribution is -2.49. The zero-order valence-electron chi connectivity index (χ0n) is 14.1. The minimum Gasteiger partial charge on any atom is -0.354 e. The quantitative estimate of drug-likeness (QED) is 0.896. The summed E-state index contributed by atoms with van der Waals surface area (Å²) in [5.74, 6) is 1.06. The summed E-state index contributed by atoms with van der Waals surface area (Å²) in [6.07, 6.45) is 1.82. The van der Waals surface area contributed by atoms with Crippen molar-refractivity contribution in [1.82, 2.24) is 20.2 Å². The molecule has 1 atom stereocenters. The van der Waals surface area contributed by atoms with Crippen LogP contribution in [0.2, 0.25) is 0 Å². The Morgan fingerprint density at radius 3 is 2.75 bits per heavy atom. The lowest BCUT2D eigenvalue weighted by molar-refractivity contribution is -0.123. The molecule has 128 valence electrons. The van der Waals surface area contributed by atoms with E-state index in [2.05, 4.69) is 25.1 Å². The van der Waals surface area contributed by atoms with Crippen molar-refractivity contribution in [2.75, 3.05) is 37.6 Å². The number of amides is 1. The number of rotatable bonds is 5. The maximum Gasteiger partial charge on any atom is 0.234 e. The summed E-state index contributed by atoms with van der Waals surface area (Å²) in [4.78, 5) is 25.5. The van der Waals surface area contributed by atoms with Gasteiger partial charge in [-0.2, -0.15) is 0 Å². The number of carbonyl (C=O) groups excluding carboxylic acids is 1. The molecule has 6 nitrogen and oxygen atoms in total. The molecular formula is C17H23N5OS. The highest BCUT2D eigenvalue weighted by Gasteiger charge is 2.20. The highest BCUT2D eigenvalue weighted by molar-refractivity contribution is 7.09. The van der Waals surface area contributed by atoms with Gasteiger partial charge in [-0.1, -0.05) is 6.07 Å². The molecule has 0 bridgehead atoms. The van der Waals surface area contributed by atoms with Crippen molar-refractivity contribution in [3.63, 3.8) is 0 Å². The molecule has 1 N–H and O–H groups in total. The van der Waals surface area contributed by atoms with Crippen molar-refractivity contribution < 1.29 is 4.79 Å². The van der Waals surface area contributed by atoms with Crippen molar-refractivity contribution in [2.24, 2.45) is 0 Å². The summed E-state index contributed by atoms with van der Waals surface area (Å²) >= 11 is 1.61. The first-order valence-corrected chi connectivity index (χ1v) is 9.09. The van der Waals surface area contributed by atoms with Gasteiger partial charge in [0, 0.05) is 37.8 Å². The SMILES string of the molecule is Cc1nc([C@H](C)NC(=O)CN2CCN(c3ccccn3)CC2)cs1. The highest BCUT2D eigenvalue weighted by Crippen LogP contribution is 2.16. The van der Waals surface area contributed by atoms with Crippen molar-refractivity contribution in [3.8, 4) is 0 Å². The molecule has 7 heteroatoms. The van der Waals surface area contributed by atoms with Gasteiger partial charge < -0.3 is 10.2 Å². The highest BCUT2D eigenvalue weighted by atomic mass is 32.1. The Morgan fingerprint density at radius 2 is 2.12 bits per heavy atom. The fraction of sp³-hybridized carbons (Fsp3) is 0.471. The second-order valence-corrected chi connectivity index (χ2v) is 7.09. The molecule has 1 fully saturated rings. The maximum atomic E-state index is 12.3. The number of hydrogen-bond acceptors (Lipinski definition) is 6. The number of carbonyl (C=O) groups is 1. The van der Waals surface area contributed by atoms with Crippen LogP contribution in [0.25, 0.3) is 0 Å². The summed E-state index contributed by atoms with van der Waals surface area (Å²) in [7, 11) is 0. The predicted molar refractivity (Wildman–Crippen MR) is 96.3 cm³/mol. The van der Waals surface area contributed by atoms with Gasteiger partial charge in [0.15, 0.2) is 0 Å². The topological polar surface area (TPSA) is 61.4 Å². The van der Waals surface area contributed by atoms with Gasteiger partial charge in [-0.05, 0) is 26.0 Å². The molecule has 1 aliphatic rings. The molecule has 0 unspecified atom stereocenters. The molecule has 1 aliphatic heterocycles. The molecule has 2 aromatic rings. The van der Waals surface area contributed by atoms with Crippen LogP contribution in [0.15, 0.2) is 29.8 Å². The van der Waals surface area contributed by atoms with E-state index in [1.165, 1.54) is 0 Å². The fourth-order valence-electron chi connectivity index (χ4n) is 2.82. The van der Waals surface area contributed by atoms with Gasteiger partial charge in [-0.3, -0.25) is 9.69 Å². The molecule has 1 saturated heterocycles. The Balaban J connectivity index is 1.45. The van der Waals surface area contributed by atoms with Crippen molar-refractivity contribution in [2.45, 2.75) is 19.9 Å². The Labute approximate surface area is 146 Å². The first-order chi connectivity index (χ1) is 11.6. The Kier molecular flexibility index (Phi) is 5.42. The number of pyridine rings is 1. The summed E-state index contributed by atoms with van der Waals surface area (Å²) < 4.78 is 0. The largest absolute Gasteiger partial charge is 0.354 e. The lowest BCUT2D eigenvalue weighted by atomic mass is 10.2. The summed E-state index contributed by atoms with van der Waals surface area (Å²) in [6.45, 7) is 7.91. The first-order valence-electron chi connectivity index (χ1n) is 8.21. The third-order valence-electron chi connectivity index (χ3n) is 4.17. The molecule has 0 saturated carbocycles. The molecule has 0 spiro atoms. The Bertz CT molecular complexity index is 667. The average Bonchev–Trinajstić information content (AvgIpc) is 3.03. The molecule has 3 heterocycles. The number of aromatic nitrogens is 2. The van der Waals surface area contributed by atoms with Gasteiger partial charge >= 0.3 is 0 Å². The molecule has 0 aromatic carbocycles. The molecule has 3 rings (SSSR count). The zero-order valence-corrected chi connectivity index (χ0v) is 14.9. The lowest BCUT2D eigenvalue weighted by Gasteiger charge is -2.35. The van der Waals surface area contributed by atoms with E-state index in [1.54, 1.807) is 11.3 Å². The van der Waals surface area contributed by atoms with Gasteiger partial charge in [0.2, 0.25) is 5.91 Å². The van der Waals surface area contributed by atoms with Gasteiger partial charge in [-0.15, -0.1) is 11.3 Å². The number of hydrogen-bond donors (Lipinski definition) is 1. The van der Waals surface area contributed by atoms with Crippen LogP contribution in [0.4, 0.5) is 5.82 Å². The van der Waals surface area contributed by atoms with E-state index in [0.29, 0.717) is 6.54 Å². The fourth-order valence-corrected chi connectivity index (χ4v) is 3.53. The maximum absolute atomic E-state index is 12.3. The molecule has 0 radical (unpaired) electrons. The minimum absolute atomic E-state index is 0.0442. The standard InChI is InChI=1S/C17H23N5OS/c1-13(15-12-24-14(2)20-15)19-17(23)11-21-7-9-22(10-8-21)16-5-3-4-6-18-16/h3-6,12-13H,7-11H2,1-2H3,(H,19,23)/t13-/m0/s1. The molecule has 2 aromatic heterocycles. The number of anilines is 1. The van der Waals surface area contributed by atoms with Crippen LogP contribution in [0, 0.1) is 6.92 Å². The van der Waals surface area contributed by atoms with Gasteiger partial charge in [0.1, 0.15) is 5.82 Å². The van der Waals surface area contributed by atoms with Crippen LogP contribution in [0.5, 0.6) is 0 Å². The molecule has 24 heavy (non-hydrogen) atoms. The van der Waals surface area contributed by atoms with Crippen LogP contribution < -0.4 is 10.2 Å². The van der Waals surface area contributed by atoms with Crippen molar-refractivity contribution in [1.29, 1.82) is 0 Å². The normalized spacial score (nSPS) is 16.8. The zero-order chi connectivity index (χ0) is 16.9. The molecule has 0 aliphatic carbocycles. The van der Waals surface area contributed by atoms with Crippen LogP contribution in [0.1, 0.15) is 23.7 Å². The third kappa shape index (κ3) is 4.30. The Morgan fingerprint density at radius 1 is 1.33 bits per heavy atom. The van der Waals surface area contributed by atoms with E-state index in [9.17, 15) is 4.79 Å². The van der Waals surface area contributed by atoms with E-state index in [1.807, 2.05) is 43.6 Å². The van der Waals surface area contributed by atoms with E-state index >= 15 is 0 Å². The average molecular weight is 345 g/mol. The number of nitrogens with one attached hydrogen (secondary N) is 1. The number of nitrogens with zero attached hydrogens (tertiary/aromatic N) is 4. The second-order valence-electron chi connectivity index (χ2n) is 6.03. The van der Waals surface area contributed by atoms with E-state index in [-0.39, 0.29) is 11.9 Å². The molecule has 1 amide bonds. The van der Waals surface area contributed by atoms with Crippen molar-refractivity contribution in [3.05, 3.63) is 40.5 Å².